The Labute approximate surface area is 130 Å². The molecule has 0 fully saturated rings. The average Bonchev–Trinajstić information content (AvgIpc) is 2.52. The number of ether oxygens (including phenoxy) is 1. The van der Waals surface area contributed by atoms with Gasteiger partial charge in [-0.15, -0.1) is 6.42 Å². The van der Waals surface area contributed by atoms with Crippen LogP contribution in [-0.2, 0) is 0 Å². The predicted molar refractivity (Wildman–Crippen MR) is 83.2 cm³/mol. The van der Waals surface area contributed by atoms with Crippen LogP contribution in [0.15, 0.2) is 18.2 Å². The highest BCUT2D eigenvalue weighted by molar-refractivity contribution is 5.94. The third-order valence-corrected chi connectivity index (χ3v) is 3.13. The molecule has 0 unspecified atom stereocenters. The number of rotatable bonds is 10. The molecule has 0 spiro atoms. The highest BCUT2D eigenvalue weighted by Gasteiger charge is 2.10. The second-order valence-corrected chi connectivity index (χ2v) is 4.89. The molecule has 2 N–H and O–H groups in total. The van der Waals surface area contributed by atoms with E-state index >= 15 is 0 Å². The van der Waals surface area contributed by atoms with Gasteiger partial charge in [-0.25, -0.2) is 4.39 Å². The third-order valence-electron chi connectivity index (χ3n) is 3.13. The number of nitrogens with one attached hydrogen (secondary N) is 1. The summed E-state index contributed by atoms with van der Waals surface area (Å²) in [6.45, 7) is 0.761. The van der Waals surface area contributed by atoms with Crippen LogP contribution in [0.3, 0.4) is 0 Å². The number of halogens is 1. The fourth-order valence-electron chi connectivity index (χ4n) is 1.95. The number of hydrogen-bond acceptors (Lipinski definition) is 3. The van der Waals surface area contributed by atoms with Crippen molar-refractivity contribution in [2.24, 2.45) is 0 Å². The van der Waals surface area contributed by atoms with Crippen LogP contribution in [0, 0.1) is 18.2 Å². The zero-order chi connectivity index (χ0) is 16.2. The van der Waals surface area contributed by atoms with Gasteiger partial charge in [0.15, 0.2) is 11.6 Å². The van der Waals surface area contributed by atoms with E-state index in [4.69, 9.17) is 16.3 Å². The molecule has 22 heavy (non-hydrogen) atoms. The molecule has 1 amide bonds. The zero-order valence-corrected chi connectivity index (χ0v) is 12.6. The van der Waals surface area contributed by atoms with E-state index in [0.717, 1.165) is 38.2 Å². The lowest BCUT2D eigenvalue weighted by Crippen LogP contribution is -2.24. The maximum Gasteiger partial charge on any atom is 0.251 e. The summed E-state index contributed by atoms with van der Waals surface area (Å²) in [5.74, 6) is 1.38. The highest BCUT2D eigenvalue weighted by atomic mass is 19.1. The molecule has 0 bridgehead atoms. The van der Waals surface area contributed by atoms with Crippen LogP contribution in [0.1, 0.15) is 42.5 Å². The summed E-state index contributed by atoms with van der Waals surface area (Å²) in [5.41, 5.74) is 0.255. The van der Waals surface area contributed by atoms with Gasteiger partial charge >= 0.3 is 0 Å². The standard InChI is InChI=1S/C17H22FNO3/c1-2-12-22-16-9-8-14(13-15(16)18)17(21)19-10-6-4-3-5-7-11-20/h1,8-9,13,20H,3-7,10-12H2,(H,19,21). The zero-order valence-electron chi connectivity index (χ0n) is 12.6. The number of carbonyl (C=O) groups excluding carboxylic acids is 1. The first-order chi connectivity index (χ1) is 10.7. The Balaban J connectivity index is 2.33. The molecular weight excluding hydrogens is 285 g/mol. The molecule has 0 heterocycles. The topological polar surface area (TPSA) is 58.6 Å². The van der Waals surface area contributed by atoms with E-state index in [1.54, 1.807) is 0 Å². The number of hydrogen-bond donors (Lipinski definition) is 2. The summed E-state index contributed by atoms with van der Waals surface area (Å²) >= 11 is 0. The molecule has 5 heteroatoms. The van der Waals surface area contributed by atoms with Crippen molar-refractivity contribution in [2.45, 2.75) is 32.1 Å². The SMILES string of the molecule is C#CCOc1ccc(C(=O)NCCCCCCCO)cc1F. The Morgan fingerprint density at radius 2 is 2.00 bits per heavy atom. The number of aliphatic hydroxyl groups is 1. The lowest BCUT2D eigenvalue weighted by atomic mass is 10.1. The molecule has 0 aliphatic carbocycles. The van der Waals surface area contributed by atoms with Crippen molar-refractivity contribution < 1.29 is 19.0 Å². The summed E-state index contributed by atoms with van der Waals surface area (Å²) in [6, 6.07) is 4.05. The van der Waals surface area contributed by atoms with Gasteiger partial charge in [-0.2, -0.15) is 0 Å². The average molecular weight is 307 g/mol. The highest BCUT2D eigenvalue weighted by Crippen LogP contribution is 2.18. The van der Waals surface area contributed by atoms with Crippen molar-refractivity contribution in [1.82, 2.24) is 5.32 Å². The minimum atomic E-state index is -0.605. The molecule has 1 aromatic rings. The monoisotopic (exact) mass is 307 g/mol. The second-order valence-electron chi connectivity index (χ2n) is 4.89. The van der Waals surface area contributed by atoms with E-state index in [9.17, 15) is 9.18 Å². The molecule has 0 aliphatic rings. The molecule has 0 aliphatic heterocycles. The van der Waals surface area contributed by atoms with Crippen molar-refractivity contribution >= 4 is 5.91 Å². The maximum atomic E-state index is 13.7. The molecule has 0 saturated carbocycles. The maximum absolute atomic E-state index is 13.7. The number of amides is 1. The number of aliphatic hydroxyl groups excluding tert-OH is 1. The van der Waals surface area contributed by atoms with E-state index in [1.807, 2.05) is 0 Å². The molecule has 0 radical (unpaired) electrons. The molecule has 1 aromatic carbocycles. The van der Waals surface area contributed by atoms with Crippen molar-refractivity contribution in [1.29, 1.82) is 0 Å². The van der Waals surface area contributed by atoms with Crippen LogP contribution in [0.4, 0.5) is 4.39 Å². The van der Waals surface area contributed by atoms with Crippen molar-refractivity contribution in [3.63, 3.8) is 0 Å². The second kappa shape index (κ2) is 10.6. The number of benzene rings is 1. The van der Waals surface area contributed by atoms with Crippen LogP contribution in [0.5, 0.6) is 5.75 Å². The van der Waals surface area contributed by atoms with Crippen LogP contribution in [0.2, 0.25) is 0 Å². The van der Waals surface area contributed by atoms with Crippen LogP contribution in [-0.4, -0.2) is 30.8 Å². The minimum Gasteiger partial charge on any atom is -0.478 e. The lowest BCUT2D eigenvalue weighted by molar-refractivity contribution is 0.0952. The van der Waals surface area contributed by atoms with Gasteiger partial charge in [0.2, 0.25) is 0 Å². The van der Waals surface area contributed by atoms with Gasteiger partial charge in [0, 0.05) is 18.7 Å². The number of unbranched alkanes of at least 4 members (excludes halogenated alkanes) is 4. The quantitative estimate of drug-likeness (QED) is 0.516. The van der Waals surface area contributed by atoms with Crippen LogP contribution in [0.25, 0.3) is 0 Å². The summed E-state index contributed by atoms with van der Waals surface area (Å²) in [5, 5.41) is 11.4. The van der Waals surface area contributed by atoms with Gasteiger partial charge in [0.1, 0.15) is 6.61 Å². The Morgan fingerprint density at radius 3 is 2.68 bits per heavy atom. The number of carbonyl (C=O) groups is 1. The van der Waals surface area contributed by atoms with Gasteiger partial charge in [0.05, 0.1) is 0 Å². The Hall–Kier alpha value is -2.06. The fourth-order valence-corrected chi connectivity index (χ4v) is 1.95. The Bertz CT molecular complexity index is 511. The van der Waals surface area contributed by atoms with E-state index in [2.05, 4.69) is 11.2 Å². The van der Waals surface area contributed by atoms with E-state index in [-0.39, 0.29) is 30.4 Å². The van der Waals surface area contributed by atoms with Crippen molar-refractivity contribution in [3.05, 3.63) is 29.6 Å². The predicted octanol–water partition coefficient (Wildman–Crippen LogP) is 2.51. The smallest absolute Gasteiger partial charge is 0.251 e. The first-order valence-electron chi connectivity index (χ1n) is 7.44. The van der Waals surface area contributed by atoms with Crippen molar-refractivity contribution in [3.8, 4) is 18.1 Å². The van der Waals surface area contributed by atoms with Crippen molar-refractivity contribution in [2.75, 3.05) is 19.8 Å². The van der Waals surface area contributed by atoms with Crippen LogP contribution < -0.4 is 10.1 Å². The largest absolute Gasteiger partial charge is 0.478 e. The summed E-state index contributed by atoms with van der Waals surface area (Å²) in [4.78, 5) is 11.9. The Kier molecular flexibility index (Phi) is 8.70. The molecule has 0 atom stereocenters. The molecule has 1 rings (SSSR count). The summed E-state index contributed by atoms with van der Waals surface area (Å²) in [7, 11) is 0. The third kappa shape index (κ3) is 6.59. The minimum absolute atomic E-state index is 0.0151. The van der Waals surface area contributed by atoms with Gasteiger partial charge in [-0.3, -0.25) is 4.79 Å². The van der Waals surface area contributed by atoms with Crippen LogP contribution >= 0.6 is 0 Å². The molecule has 120 valence electrons. The Morgan fingerprint density at radius 1 is 1.27 bits per heavy atom. The first kappa shape index (κ1) is 18.0. The van der Waals surface area contributed by atoms with Gasteiger partial charge < -0.3 is 15.2 Å². The fraction of sp³-hybridized carbons (Fsp3) is 0.471. The molecule has 0 saturated heterocycles. The van der Waals surface area contributed by atoms with Gasteiger partial charge in [-0.05, 0) is 31.0 Å². The van der Waals surface area contributed by atoms with E-state index in [1.165, 1.54) is 12.1 Å². The normalized spacial score (nSPS) is 10.0. The van der Waals surface area contributed by atoms with Gasteiger partial charge in [-0.1, -0.05) is 25.2 Å². The molecule has 4 nitrogen and oxygen atoms in total. The molecular formula is C17H22FNO3. The summed E-state index contributed by atoms with van der Waals surface area (Å²) in [6.07, 6.45) is 9.74. The van der Waals surface area contributed by atoms with E-state index in [0.29, 0.717) is 6.54 Å². The lowest BCUT2D eigenvalue weighted by Gasteiger charge is -2.08. The molecule has 0 aromatic heterocycles. The van der Waals surface area contributed by atoms with E-state index < -0.39 is 5.82 Å². The summed E-state index contributed by atoms with van der Waals surface area (Å²) < 4.78 is 18.7. The number of terminal acetylenes is 1. The van der Waals surface area contributed by atoms with Gasteiger partial charge in [0.25, 0.3) is 5.91 Å². The first-order valence-corrected chi connectivity index (χ1v) is 7.44.